The zero-order valence-corrected chi connectivity index (χ0v) is 13.8. The fourth-order valence-electron chi connectivity index (χ4n) is 3.57. The van der Waals surface area contributed by atoms with Crippen molar-refractivity contribution in [2.45, 2.75) is 38.3 Å². The first-order valence-corrected chi connectivity index (χ1v) is 8.30. The summed E-state index contributed by atoms with van der Waals surface area (Å²) in [5.41, 5.74) is 0.946. The van der Waals surface area contributed by atoms with Gasteiger partial charge in [-0.1, -0.05) is 22.4 Å². The Morgan fingerprint density at radius 1 is 1.33 bits per heavy atom. The minimum atomic E-state index is -0.278. The maximum atomic E-state index is 11.4. The summed E-state index contributed by atoms with van der Waals surface area (Å²) in [7, 11) is 0. The topological polar surface area (TPSA) is 49.6 Å². The maximum Gasteiger partial charge on any atom is 0.293 e. The number of nitro groups is 1. The van der Waals surface area contributed by atoms with Crippen molar-refractivity contribution >= 4 is 27.3 Å². The average molecular weight is 354 g/mol. The van der Waals surface area contributed by atoms with Crippen LogP contribution in [0, 0.1) is 10.1 Å². The lowest BCUT2D eigenvalue weighted by Gasteiger charge is -2.48. The average Bonchev–Trinajstić information content (AvgIpc) is 2.46. The molecular formula is C15H20BrN3O2. The first kappa shape index (κ1) is 14.8. The molecule has 1 aromatic carbocycles. The van der Waals surface area contributed by atoms with E-state index in [1.807, 2.05) is 12.1 Å². The van der Waals surface area contributed by atoms with Crippen LogP contribution in [0.3, 0.4) is 0 Å². The Kier molecular flexibility index (Phi) is 4.17. The van der Waals surface area contributed by atoms with E-state index in [9.17, 15) is 10.1 Å². The van der Waals surface area contributed by atoms with Crippen LogP contribution in [0.5, 0.6) is 0 Å². The van der Waals surface area contributed by atoms with Crippen LogP contribution in [0.25, 0.3) is 0 Å². The van der Waals surface area contributed by atoms with Crippen LogP contribution in [0.15, 0.2) is 22.7 Å². The lowest BCUT2D eigenvalue weighted by molar-refractivity contribution is -0.384. The number of hydrogen-bond acceptors (Lipinski definition) is 4. The summed E-state index contributed by atoms with van der Waals surface area (Å²) in [4.78, 5) is 15.8. The predicted molar refractivity (Wildman–Crippen MR) is 86.8 cm³/mol. The van der Waals surface area contributed by atoms with Crippen molar-refractivity contribution in [3.8, 4) is 0 Å². The van der Waals surface area contributed by atoms with E-state index in [1.54, 1.807) is 6.07 Å². The molecule has 0 aromatic heterocycles. The van der Waals surface area contributed by atoms with Crippen molar-refractivity contribution in [2.24, 2.45) is 0 Å². The fourth-order valence-corrected chi connectivity index (χ4v) is 3.92. The molecule has 114 valence electrons. The summed E-state index contributed by atoms with van der Waals surface area (Å²) in [5, 5.41) is 11.4. The molecule has 2 atom stereocenters. The standard InChI is InChI=1S/C15H20BrN3O2/c1-11-9-17-7-3-2-4-13(17)10-18(11)14-6-5-12(16)8-15(14)19(20)21/h5-6,8,11,13H,2-4,7,9-10H2,1H3. The Hall–Kier alpha value is -1.14. The number of fused-ring (bicyclic) bond motifs is 1. The van der Waals surface area contributed by atoms with Crippen LogP contribution in [0.1, 0.15) is 26.2 Å². The zero-order valence-electron chi connectivity index (χ0n) is 12.2. The largest absolute Gasteiger partial charge is 0.360 e. The highest BCUT2D eigenvalue weighted by Crippen LogP contribution is 2.35. The molecule has 21 heavy (non-hydrogen) atoms. The SMILES string of the molecule is CC1CN2CCCCC2CN1c1ccc(Br)cc1[N+](=O)[O-]. The quantitative estimate of drug-likeness (QED) is 0.603. The van der Waals surface area contributed by atoms with E-state index >= 15 is 0 Å². The van der Waals surface area contributed by atoms with Crippen molar-refractivity contribution in [3.05, 3.63) is 32.8 Å². The number of benzene rings is 1. The molecule has 0 amide bonds. The summed E-state index contributed by atoms with van der Waals surface area (Å²) in [5.74, 6) is 0. The van der Waals surface area contributed by atoms with Gasteiger partial charge in [0, 0.05) is 35.7 Å². The monoisotopic (exact) mass is 353 g/mol. The lowest BCUT2D eigenvalue weighted by Crippen LogP contribution is -2.58. The van der Waals surface area contributed by atoms with Gasteiger partial charge in [0.1, 0.15) is 5.69 Å². The Balaban J connectivity index is 1.91. The number of nitrogens with zero attached hydrogens (tertiary/aromatic N) is 3. The number of nitro benzene ring substituents is 1. The van der Waals surface area contributed by atoms with Gasteiger partial charge in [0.2, 0.25) is 0 Å². The molecule has 2 heterocycles. The van der Waals surface area contributed by atoms with E-state index in [0.29, 0.717) is 12.1 Å². The van der Waals surface area contributed by atoms with Crippen LogP contribution in [0.2, 0.25) is 0 Å². The molecule has 2 saturated heterocycles. The predicted octanol–water partition coefficient (Wildman–Crippen LogP) is 3.42. The summed E-state index contributed by atoms with van der Waals surface area (Å²) in [6.07, 6.45) is 3.75. The van der Waals surface area contributed by atoms with Gasteiger partial charge < -0.3 is 4.90 Å². The van der Waals surface area contributed by atoms with E-state index in [0.717, 1.165) is 23.2 Å². The third-order valence-electron chi connectivity index (χ3n) is 4.63. The van der Waals surface area contributed by atoms with Crippen molar-refractivity contribution in [2.75, 3.05) is 24.5 Å². The van der Waals surface area contributed by atoms with Gasteiger partial charge in [0.15, 0.2) is 0 Å². The molecule has 0 N–H and O–H groups in total. The van der Waals surface area contributed by atoms with Gasteiger partial charge in [-0.2, -0.15) is 0 Å². The van der Waals surface area contributed by atoms with Crippen LogP contribution < -0.4 is 4.90 Å². The summed E-state index contributed by atoms with van der Waals surface area (Å²) in [6.45, 7) is 5.23. The van der Waals surface area contributed by atoms with Crippen LogP contribution in [-0.2, 0) is 0 Å². The van der Waals surface area contributed by atoms with E-state index in [4.69, 9.17) is 0 Å². The summed E-state index contributed by atoms with van der Waals surface area (Å²) in [6, 6.07) is 6.21. The van der Waals surface area contributed by atoms with Crippen LogP contribution >= 0.6 is 15.9 Å². The fraction of sp³-hybridized carbons (Fsp3) is 0.600. The number of piperazine rings is 1. The minimum Gasteiger partial charge on any atom is -0.360 e. The third-order valence-corrected chi connectivity index (χ3v) is 5.12. The van der Waals surface area contributed by atoms with Crippen LogP contribution in [-0.4, -0.2) is 41.5 Å². The molecule has 5 nitrogen and oxygen atoms in total. The Labute approximate surface area is 133 Å². The van der Waals surface area contributed by atoms with Gasteiger partial charge in [0.05, 0.1) is 4.92 Å². The van der Waals surface area contributed by atoms with Gasteiger partial charge in [-0.05, 0) is 38.4 Å². The number of rotatable bonds is 2. The van der Waals surface area contributed by atoms with E-state index < -0.39 is 0 Å². The lowest BCUT2D eigenvalue weighted by atomic mass is 9.96. The summed E-state index contributed by atoms with van der Waals surface area (Å²) < 4.78 is 0.752. The highest BCUT2D eigenvalue weighted by atomic mass is 79.9. The number of anilines is 1. The van der Waals surface area contributed by atoms with Crippen molar-refractivity contribution < 1.29 is 4.92 Å². The molecule has 0 spiro atoms. The Morgan fingerprint density at radius 3 is 2.90 bits per heavy atom. The molecule has 0 saturated carbocycles. The Bertz CT molecular complexity index is 552. The zero-order chi connectivity index (χ0) is 15.0. The molecule has 0 bridgehead atoms. The number of piperidine rings is 1. The first-order chi connectivity index (χ1) is 10.1. The molecular weight excluding hydrogens is 334 g/mol. The highest BCUT2D eigenvalue weighted by Gasteiger charge is 2.35. The highest BCUT2D eigenvalue weighted by molar-refractivity contribution is 9.10. The molecule has 2 fully saturated rings. The van der Waals surface area contributed by atoms with Crippen LogP contribution in [0.4, 0.5) is 11.4 Å². The number of halogens is 1. The van der Waals surface area contributed by atoms with Gasteiger partial charge in [-0.3, -0.25) is 15.0 Å². The molecule has 2 aliphatic rings. The van der Waals surface area contributed by atoms with Crippen molar-refractivity contribution in [1.29, 1.82) is 0 Å². The van der Waals surface area contributed by atoms with E-state index in [2.05, 4.69) is 32.7 Å². The molecule has 1 aromatic rings. The first-order valence-electron chi connectivity index (χ1n) is 7.51. The maximum absolute atomic E-state index is 11.4. The smallest absolute Gasteiger partial charge is 0.293 e. The molecule has 0 aliphatic carbocycles. The third kappa shape index (κ3) is 2.92. The molecule has 0 radical (unpaired) electrons. The Morgan fingerprint density at radius 2 is 2.14 bits per heavy atom. The molecule has 6 heteroatoms. The second-order valence-electron chi connectivity index (χ2n) is 6.04. The second-order valence-corrected chi connectivity index (χ2v) is 6.95. The minimum absolute atomic E-state index is 0.195. The van der Waals surface area contributed by atoms with Crippen molar-refractivity contribution in [1.82, 2.24) is 4.90 Å². The molecule has 2 unspecified atom stereocenters. The van der Waals surface area contributed by atoms with Gasteiger partial charge in [-0.25, -0.2) is 0 Å². The second kappa shape index (κ2) is 5.93. The van der Waals surface area contributed by atoms with E-state index in [1.165, 1.54) is 25.8 Å². The molecule has 2 aliphatic heterocycles. The summed E-state index contributed by atoms with van der Waals surface area (Å²) >= 11 is 3.33. The van der Waals surface area contributed by atoms with E-state index in [-0.39, 0.29) is 10.6 Å². The van der Waals surface area contributed by atoms with Crippen molar-refractivity contribution in [3.63, 3.8) is 0 Å². The van der Waals surface area contributed by atoms with Gasteiger partial charge in [0.25, 0.3) is 5.69 Å². The number of hydrogen-bond donors (Lipinski definition) is 0. The normalized spacial score (nSPS) is 26.5. The molecule has 3 rings (SSSR count). The van der Waals surface area contributed by atoms with Gasteiger partial charge >= 0.3 is 0 Å². The van der Waals surface area contributed by atoms with Gasteiger partial charge in [-0.15, -0.1) is 0 Å².